The second-order valence-corrected chi connectivity index (χ2v) is 10.7. The van der Waals surface area contributed by atoms with Crippen molar-refractivity contribution in [3.8, 4) is 0 Å². The first-order valence-electron chi connectivity index (χ1n) is 12.9. The van der Waals surface area contributed by atoms with Crippen LogP contribution in [0.25, 0.3) is 0 Å². The number of nitrogens with one attached hydrogen (secondary N) is 4. The van der Waals surface area contributed by atoms with Crippen molar-refractivity contribution in [1.82, 2.24) is 16.0 Å². The van der Waals surface area contributed by atoms with E-state index in [0.29, 0.717) is 6.42 Å². The Bertz CT molecular complexity index is 1320. The third kappa shape index (κ3) is 7.41. The fourth-order valence-electron chi connectivity index (χ4n) is 4.51. The predicted octanol–water partition coefficient (Wildman–Crippen LogP) is 3.02. The second kappa shape index (κ2) is 12.1. The van der Waals surface area contributed by atoms with Gasteiger partial charge in [0, 0.05) is 29.4 Å². The van der Waals surface area contributed by atoms with Crippen LogP contribution in [-0.4, -0.2) is 53.5 Å². The summed E-state index contributed by atoms with van der Waals surface area (Å²) in [6.07, 6.45) is 0.870. The first kappa shape index (κ1) is 29.1. The normalized spacial score (nSPS) is 19.4. The number of benzene rings is 2. The minimum absolute atomic E-state index is 0.0672. The highest BCUT2D eigenvalue weighted by Crippen LogP contribution is 2.27. The largest absolute Gasteiger partial charge is 0.353 e. The van der Waals surface area contributed by atoms with Gasteiger partial charge < -0.3 is 21.3 Å². The lowest BCUT2D eigenvalue weighted by Gasteiger charge is -2.21. The third-order valence-electron chi connectivity index (χ3n) is 6.75. The number of carbonyl (C=O) groups is 5. The maximum absolute atomic E-state index is 14.7. The van der Waals surface area contributed by atoms with Crippen LogP contribution in [0.1, 0.15) is 48.5 Å². The summed E-state index contributed by atoms with van der Waals surface area (Å²) in [6.45, 7) is 1.79. The molecule has 2 aliphatic rings. The molecule has 1 aliphatic carbocycles. The van der Waals surface area contributed by atoms with E-state index in [9.17, 15) is 32.8 Å². The summed E-state index contributed by atoms with van der Waals surface area (Å²) in [5.74, 6) is -9.14. The Labute approximate surface area is 234 Å². The Morgan fingerprint density at radius 1 is 1.10 bits per heavy atom. The molecule has 2 aromatic rings. The fraction of sp³-hybridized carbons (Fsp3) is 0.393. The van der Waals surface area contributed by atoms with Crippen LogP contribution >= 0.6 is 11.6 Å². The van der Waals surface area contributed by atoms with Gasteiger partial charge >= 0.3 is 5.92 Å². The highest BCUT2D eigenvalue weighted by atomic mass is 35.5. The molecule has 2 aromatic carbocycles. The number of hydrogen-bond acceptors (Lipinski definition) is 5. The van der Waals surface area contributed by atoms with Crippen LogP contribution in [0.5, 0.6) is 0 Å². The first-order chi connectivity index (χ1) is 18.9. The number of ketones is 1. The van der Waals surface area contributed by atoms with Gasteiger partial charge in [-0.25, -0.2) is 0 Å². The van der Waals surface area contributed by atoms with Gasteiger partial charge in [-0.15, -0.1) is 0 Å². The molecular weight excluding hydrogens is 546 g/mol. The molecule has 4 rings (SSSR count). The Morgan fingerprint density at radius 2 is 1.80 bits per heavy atom. The summed E-state index contributed by atoms with van der Waals surface area (Å²) in [5, 5.41) is 9.93. The van der Waals surface area contributed by atoms with Crippen molar-refractivity contribution in [1.29, 1.82) is 0 Å². The topological polar surface area (TPSA) is 133 Å². The highest BCUT2D eigenvalue weighted by molar-refractivity contribution is 6.38. The van der Waals surface area contributed by atoms with Crippen molar-refractivity contribution in [3.63, 3.8) is 0 Å². The van der Waals surface area contributed by atoms with Gasteiger partial charge in [0.1, 0.15) is 0 Å². The number of halogens is 3. The minimum atomic E-state index is -3.80. The van der Waals surface area contributed by atoms with Crippen LogP contribution in [0.2, 0.25) is 5.02 Å². The van der Waals surface area contributed by atoms with Gasteiger partial charge in [-0.3, -0.25) is 24.0 Å². The van der Waals surface area contributed by atoms with Crippen LogP contribution in [0.15, 0.2) is 48.5 Å². The number of carbonyl (C=O) groups excluding carboxylic acids is 5. The maximum atomic E-state index is 14.7. The fourth-order valence-corrected chi connectivity index (χ4v) is 4.68. The highest BCUT2D eigenvalue weighted by Gasteiger charge is 2.40. The monoisotopic (exact) mass is 574 g/mol. The standard InChI is InChI=1S/C28H29ClF2N4O5/c1-15-11-17(24(37)32-15)12-22(23(36)26(39)33-19-8-9-19)34-25(38)20-13-18(29)7-10-21(20)35-27(40)28(30,31)14-16-5-3-2-4-6-16/h2-7,10,13,15,17,19,22H,8-9,11-12,14H2,1H3,(H,32,37)(H,33,39)(H,34,38)(H,35,40)/t15-,17+,22?/m1/s1. The number of hydrogen-bond donors (Lipinski definition) is 4. The van der Waals surface area contributed by atoms with E-state index in [-0.39, 0.29) is 46.2 Å². The van der Waals surface area contributed by atoms with Crippen LogP contribution in [-0.2, 0) is 25.6 Å². The molecule has 1 saturated heterocycles. The van der Waals surface area contributed by atoms with Gasteiger partial charge in [0.2, 0.25) is 11.7 Å². The molecule has 0 aromatic heterocycles. The zero-order valence-corrected chi connectivity index (χ0v) is 22.4. The summed E-state index contributed by atoms with van der Waals surface area (Å²) in [5.41, 5.74) is -0.311. The van der Waals surface area contributed by atoms with Crippen LogP contribution < -0.4 is 21.3 Å². The van der Waals surface area contributed by atoms with E-state index in [2.05, 4.69) is 21.3 Å². The van der Waals surface area contributed by atoms with Crippen molar-refractivity contribution in [2.24, 2.45) is 5.92 Å². The van der Waals surface area contributed by atoms with Crippen LogP contribution in [0.3, 0.4) is 0 Å². The zero-order chi connectivity index (χ0) is 29.0. The molecule has 0 spiro atoms. The molecule has 4 N–H and O–H groups in total. The molecule has 0 radical (unpaired) electrons. The molecule has 3 atom stereocenters. The zero-order valence-electron chi connectivity index (χ0n) is 21.6. The van der Waals surface area contributed by atoms with Crippen molar-refractivity contribution in [2.45, 2.75) is 63.1 Å². The lowest BCUT2D eigenvalue weighted by Crippen LogP contribution is -2.49. The molecular formula is C28H29ClF2N4O5. The average Bonchev–Trinajstić information content (AvgIpc) is 3.66. The average molecular weight is 575 g/mol. The molecule has 1 aliphatic heterocycles. The molecule has 40 heavy (non-hydrogen) atoms. The van der Waals surface area contributed by atoms with Crippen molar-refractivity contribution >= 4 is 46.7 Å². The smallest absolute Gasteiger partial charge is 0.328 e. The second-order valence-electron chi connectivity index (χ2n) is 10.2. The molecule has 9 nitrogen and oxygen atoms in total. The summed E-state index contributed by atoms with van der Waals surface area (Å²) >= 11 is 6.06. The molecule has 1 heterocycles. The van der Waals surface area contributed by atoms with E-state index in [1.807, 2.05) is 0 Å². The summed E-state index contributed by atoms with van der Waals surface area (Å²) in [6, 6.07) is 9.74. The van der Waals surface area contributed by atoms with E-state index in [1.54, 1.807) is 25.1 Å². The summed E-state index contributed by atoms with van der Waals surface area (Å²) < 4.78 is 29.5. The van der Waals surface area contributed by atoms with E-state index < -0.39 is 47.8 Å². The molecule has 1 saturated carbocycles. The molecule has 0 bridgehead atoms. The van der Waals surface area contributed by atoms with Gasteiger partial charge in [-0.1, -0.05) is 41.9 Å². The predicted molar refractivity (Wildman–Crippen MR) is 143 cm³/mol. The lowest BCUT2D eigenvalue weighted by atomic mass is 9.93. The van der Waals surface area contributed by atoms with Gasteiger partial charge in [-0.05, 0) is 56.4 Å². The number of Topliss-reactive ketones (excluding diaryl/α,β-unsaturated/α-hetero) is 1. The van der Waals surface area contributed by atoms with E-state index in [1.165, 1.54) is 24.3 Å². The van der Waals surface area contributed by atoms with Crippen LogP contribution in [0, 0.1) is 5.92 Å². The van der Waals surface area contributed by atoms with Crippen molar-refractivity contribution < 1.29 is 32.8 Å². The Morgan fingerprint density at radius 3 is 2.42 bits per heavy atom. The van der Waals surface area contributed by atoms with E-state index >= 15 is 0 Å². The third-order valence-corrected chi connectivity index (χ3v) is 6.99. The Kier molecular flexibility index (Phi) is 8.82. The first-order valence-corrected chi connectivity index (χ1v) is 13.3. The molecule has 212 valence electrons. The molecule has 1 unspecified atom stereocenters. The van der Waals surface area contributed by atoms with Crippen molar-refractivity contribution in [3.05, 3.63) is 64.7 Å². The van der Waals surface area contributed by atoms with Crippen LogP contribution in [0.4, 0.5) is 14.5 Å². The minimum Gasteiger partial charge on any atom is -0.353 e. The lowest BCUT2D eigenvalue weighted by molar-refractivity contribution is -0.139. The Balaban J connectivity index is 1.53. The summed E-state index contributed by atoms with van der Waals surface area (Å²) in [7, 11) is 0. The SMILES string of the molecule is C[C@@H]1C[C@@H](CC(NC(=O)c2cc(Cl)ccc2NC(=O)C(F)(F)Cc2ccccc2)C(=O)C(=O)NC2CC2)C(=O)N1. The summed E-state index contributed by atoms with van der Waals surface area (Å²) in [4.78, 5) is 63.8. The quantitative estimate of drug-likeness (QED) is 0.306. The number of amides is 4. The number of rotatable bonds is 11. The van der Waals surface area contributed by atoms with Gasteiger partial charge in [-0.2, -0.15) is 8.78 Å². The van der Waals surface area contributed by atoms with Gasteiger partial charge in [0.25, 0.3) is 17.7 Å². The molecule has 4 amide bonds. The molecule has 2 fully saturated rings. The van der Waals surface area contributed by atoms with E-state index in [4.69, 9.17) is 11.6 Å². The Hall–Kier alpha value is -3.86. The molecule has 12 heteroatoms. The van der Waals surface area contributed by atoms with Gasteiger partial charge in [0.15, 0.2) is 0 Å². The maximum Gasteiger partial charge on any atom is 0.328 e. The van der Waals surface area contributed by atoms with Gasteiger partial charge in [0.05, 0.1) is 17.3 Å². The van der Waals surface area contributed by atoms with E-state index in [0.717, 1.165) is 18.9 Å². The number of anilines is 1. The number of alkyl halides is 2. The van der Waals surface area contributed by atoms with Crippen molar-refractivity contribution in [2.75, 3.05) is 5.32 Å².